The number of hydrogen-bond acceptors (Lipinski definition) is 3. The quantitative estimate of drug-likeness (QED) is 0.518. The molecule has 0 saturated heterocycles. The van der Waals surface area contributed by atoms with Gasteiger partial charge in [-0.05, 0) is 73.0 Å². The molecule has 144 valence electrons. The van der Waals surface area contributed by atoms with Crippen molar-refractivity contribution in [2.75, 3.05) is 0 Å². The van der Waals surface area contributed by atoms with E-state index in [9.17, 15) is 9.59 Å². The molecule has 0 spiro atoms. The maximum Gasteiger partial charge on any atom is 0.302 e. The minimum absolute atomic E-state index is 0.000280. The van der Waals surface area contributed by atoms with E-state index in [1.165, 1.54) is 25.7 Å². The van der Waals surface area contributed by atoms with E-state index in [0.717, 1.165) is 19.3 Å². The first kappa shape index (κ1) is 18.3. The molecule has 26 heavy (non-hydrogen) atoms. The fourth-order valence-corrected chi connectivity index (χ4v) is 7.88. The van der Waals surface area contributed by atoms with Crippen LogP contribution >= 0.6 is 0 Å². The summed E-state index contributed by atoms with van der Waals surface area (Å²) in [6.45, 7) is 10.5. The Kier molecular flexibility index (Phi) is 4.36. The zero-order chi connectivity index (χ0) is 18.7. The first-order chi connectivity index (χ1) is 12.3. The normalized spacial score (nSPS) is 50.3. The SMILES string of the molecule is C=C[C@H]1CC[C@@H]2[C@@H]3CC[C@H]4CC(=O)CC[C@]4(C)[C@H]3[C@H](OC(C)=O)C[C@@]21C. The standard InChI is InChI=1S/C23H34O3/c1-5-15-7-9-19-18-8-6-16-12-17(25)10-11-22(16,3)21(18)20(26-14(2)24)13-23(15,19)4/h5,15-16,18-21H,1,6-13H2,2-4H3/t15-,16-,18-,19+,20+,21+,22-,23+/m0/s1. The van der Waals surface area contributed by atoms with E-state index in [2.05, 4.69) is 26.5 Å². The second-order valence-corrected chi connectivity index (χ2v) is 10.1. The van der Waals surface area contributed by atoms with E-state index in [0.29, 0.717) is 41.8 Å². The molecule has 4 rings (SSSR count). The summed E-state index contributed by atoms with van der Waals surface area (Å²) in [4.78, 5) is 24.1. The van der Waals surface area contributed by atoms with Gasteiger partial charge in [0.2, 0.25) is 0 Å². The van der Waals surface area contributed by atoms with Crippen LogP contribution in [0.3, 0.4) is 0 Å². The Balaban J connectivity index is 1.73. The predicted octanol–water partition coefficient (Wildman–Crippen LogP) is 4.94. The van der Waals surface area contributed by atoms with Crippen LogP contribution in [0.2, 0.25) is 0 Å². The molecule has 4 saturated carbocycles. The third kappa shape index (κ3) is 2.52. The Bertz CT molecular complexity index is 625. The van der Waals surface area contributed by atoms with Crippen LogP contribution < -0.4 is 0 Å². The first-order valence-electron chi connectivity index (χ1n) is 10.6. The number of esters is 1. The summed E-state index contributed by atoms with van der Waals surface area (Å²) in [7, 11) is 0. The maximum absolute atomic E-state index is 12.1. The van der Waals surface area contributed by atoms with Gasteiger partial charge in [0.15, 0.2) is 0 Å². The third-order valence-electron chi connectivity index (χ3n) is 9.06. The number of carbonyl (C=O) groups is 2. The number of ketones is 1. The van der Waals surface area contributed by atoms with Crippen LogP contribution in [0, 0.1) is 40.4 Å². The minimum atomic E-state index is -0.151. The number of hydrogen-bond donors (Lipinski definition) is 0. The lowest BCUT2D eigenvalue weighted by atomic mass is 9.44. The second-order valence-electron chi connectivity index (χ2n) is 10.1. The van der Waals surface area contributed by atoms with Crippen molar-refractivity contribution in [3.63, 3.8) is 0 Å². The van der Waals surface area contributed by atoms with Crippen LogP contribution in [0.1, 0.15) is 72.1 Å². The van der Waals surface area contributed by atoms with Gasteiger partial charge in [-0.1, -0.05) is 19.9 Å². The molecule has 0 bridgehead atoms. The number of fused-ring (bicyclic) bond motifs is 5. The molecule has 0 amide bonds. The predicted molar refractivity (Wildman–Crippen MR) is 101 cm³/mol. The van der Waals surface area contributed by atoms with Gasteiger partial charge in [-0.25, -0.2) is 0 Å². The summed E-state index contributed by atoms with van der Waals surface area (Å²) in [6, 6.07) is 0. The van der Waals surface area contributed by atoms with Gasteiger partial charge in [0.05, 0.1) is 0 Å². The Hall–Kier alpha value is -1.12. The highest BCUT2D eigenvalue weighted by Gasteiger charge is 2.63. The summed E-state index contributed by atoms with van der Waals surface area (Å²) in [6.07, 6.45) is 10.4. The molecular weight excluding hydrogens is 324 g/mol. The fraction of sp³-hybridized carbons (Fsp3) is 0.826. The number of rotatable bonds is 2. The lowest BCUT2D eigenvalue weighted by Crippen LogP contribution is -2.59. The van der Waals surface area contributed by atoms with Crippen LogP contribution in [0.15, 0.2) is 12.7 Å². The van der Waals surface area contributed by atoms with Gasteiger partial charge < -0.3 is 4.74 Å². The molecule has 4 aliphatic rings. The van der Waals surface area contributed by atoms with Gasteiger partial charge in [0.25, 0.3) is 0 Å². The van der Waals surface area contributed by atoms with Gasteiger partial charge in [0.1, 0.15) is 11.9 Å². The van der Waals surface area contributed by atoms with Crippen molar-refractivity contribution in [1.29, 1.82) is 0 Å². The van der Waals surface area contributed by atoms with Crippen molar-refractivity contribution in [3.8, 4) is 0 Å². The van der Waals surface area contributed by atoms with E-state index >= 15 is 0 Å². The van der Waals surface area contributed by atoms with Crippen LogP contribution in [0.25, 0.3) is 0 Å². The summed E-state index contributed by atoms with van der Waals surface area (Å²) < 4.78 is 6.01. The van der Waals surface area contributed by atoms with Gasteiger partial charge in [-0.3, -0.25) is 9.59 Å². The van der Waals surface area contributed by atoms with Gasteiger partial charge in [-0.2, -0.15) is 0 Å². The molecule has 0 aromatic heterocycles. The Morgan fingerprint density at radius 3 is 2.65 bits per heavy atom. The first-order valence-corrected chi connectivity index (χ1v) is 10.6. The number of Topliss-reactive ketones (excluding diaryl/α,β-unsaturated/α-hetero) is 1. The molecule has 0 heterocycles. The molecule has 3 heteroatoms. The highest BCUT2D eigenvalue weighted by Crippen LogP contribution is 2.67. The molecule has 0 aromatic rings. The monoisotopic (exact) mass is 358 g/mol. The Labute approximate surface area is 157 Å². The zero-order valence-corrected chi connectivity index (χ0v) is 16.6. The van der Waals surface area contributed by atoms with Crippen molar-refractivity contribution >= 4 is 11.8 Å². The van der Waals surface area contributed by atoms with E-state index in [-0.39, 0.29) is 22.9 Å². The highest BCUT2D eigenvalue weighted by molar-refractivity contribution is 5.79. The number of ether oxygens (including phenoxy) is 1. The topological polar surface area (TPSA) is 43.4 Å². The Morgan fingerprint density at radius 2 is 1.96 bits per heavy atom. The molecule has 0 aromatic carbocycles. The van der Waals surface area contributed by atoms with E-state index in [4.69, 9.17) is 4.74 Å². The van der Waals surface area contributed by atoms with Gasteiger partial charge in [0, 0.05) is 25.7 Å². The van der Waals surface area contributed by atoms with E-state index < -0.39 is 0 Å². The van der Waals surface area contributed by atoms with Crippen molar-refractivity contribution < 1.29 is 14.3 Å². The van der Waals surface area contributed by atoms with Crippen molar-refractivity contribution in [2.45, 2.75) is 78.2 Å². The molecule has 0 radical (unpaired) electrons. The van der Waals surface area contributed by atoms with Crippen LogP contribution in [-0.4, -0.2) is 17.9 Å². The van der Waals surface area contributed by atoms with Crippen molar-refractivity contribution in [2.24, 2.45) is 40.4 Å². The summed E-state index contributed by atoms with van der Waals surface area (Å²) >= 11 is 0. The van der Waals surface area contributed by atoms with Crippen LogP contribution in [0.5, 0.6) is 0 Å². The average Bonchev–Trinajstić information content (AvgIpc) is 2.90. The molecule has 0 unspecified atom stereocenters. The van der Waals surface area contributed by atoms with Crippen LogP contribution in [0.4, 0.5) is 0 Å². The second kappa shape index (κ2) is 6.21. The largest absolute Gasteiger partial charge is 0.462 e. The van der Waals surface area contributed by atoms with E-state index in [1.807, 2.05) is 0 Å². The molecule has 0 aliphatic heterocycles. The molecule has 4 aliphatic carbocycles. The lowest BCUT2D eigenvalue weighted by Gasteiger charge is -2.62. The summed E-state index contributed by atoms with van der Waals surface area (Å²) in [5.74, 6) is 3.04. The molecular formula is C23H34O3. The highest BCUT2D eigenvalue weighted by atomic mass is 16.5. The molecule has 0 N–H and O–H groups in total. The zero-order valence-electron chi connectivity index (χ0n) is 16.6. The fourth-order valence-electron chi connectivity index (χ4n) is 7.88. The summed E-state index contributed by atoms with van der Waals surface area (Å²) in [5, 5.41) is 0. The molecule has 8 atom stereocenters. The number of allylic oxidation sites excluding steroid dienone is 1. The third-order valence-corrected chi connectivity index (χ3v) is 9.06. The average molecular weight is 359 g/mol. The van der Waals surface area contributed by atoms with Gasteiger partial charge >= 0.3 is 5.97 Å². The molecule has 4 fully saturated rings. The smallest absolute Gasteiger partial charge is 0.302 e. The Morgan fingerprint density at radius 1 is 1.19 bits per heavy atom. The lowest BCUT2D eigenvalue weighted by molar-refractivity contribution is -0.192. The van der Waals surface area contributed by atoms with Crippen molar-refractivity contribution in [1.82, 2.24) is 0 Å². The van der Waals surface area contributed by atoms with E-state index in [1.54, 1.807) is 6.92 Å². The minimum Gasteiger partial charge on any atom is -0.462 e. The van der Waals surface area contributed by atoms with Crippen LogP contribution in [-0.2, 0) is 14.3 Å². The number of carbonyl (C=O) groups excluding carboxylic acids is 2. The summed E-state index contributed by atoms with van der Waals surface area (Å²) in [5.41, 5.74) is 0.348. The van der Waals surface area contributed by atoms with Gasteiger partial charge in [-0.15, -0.1) is 6.58 Å². The van der Waals surface area contributed by atoms with Crippen molar-refractivity contribution in [3.05, 3.63) is 12.7 Å². The maximum atomic E-state index is 12.1. The molecule has 3 nitrogen and oxygen atoms in total.